The van der Waals surface area contributed by atoms with Gasteiger partial charge in [0.1, 0.15) is 11.6 Å². The summed E-state index contributed by atoms with van der Waals surface area (Å²) >= 11 is 1.37. The highest BCUT2D eigenvalue weighted by atomic mass is 32.2. The molecular formula is C20H21FN2O3S2. The highest BCUT2D eigenvalue weighted by Crippen LogP contribution is 2.22. The van der Waals surface area contributed by atoms with E-state index in [1.165, 1.54) is 11.3 Å². The zero-order valence-corrected chi connectivity index (χ0v) is 17.5. The first-order valence-electron chi connectivity index (χ1n) is 8.87. The van der Waals surface area contributed by atoms with Crippen molar-refractivity contribution in [3.63, 3.8) is 0 Å². The lowest BCUT2D eigenvalue weighted by molar-refractivity contribution is -0.115. The molecule has 0 saturated heterocycles. The van der Waals surface area contributed by atoms with Crippen molar-refractivity contribution in [3.05, 3.63) is 58.1 Å². The van der Waals surface area contributed by atoms with Crippen LogP contribution in [-0.4, -0.2) is 24.6 Å². The molecule has 3 rings (SSSR count). The Kier molecular flexibility index (Phi) is 5.81. The summed E-state index contributed by atoms with van der Waals surface area (Å²) < 4.78 is 40.8. The van der Waals surface area contributed by atoms with Crippen LogP contribution in [-0.2, 0) is 21.2 Å². The predicted molar refractivity (Wildman–Crippen MR) is 109 cm³/mol. The van der Waals surface area contributed by atoms with E-state index in [2.05, 4.69) is 17.1 Å². The fraction of sp³-hybridized carbons (Fsp3) is 0.300. The zero-order chi connectivity index (χ0) is 20.5. The minimum atomic E-state index is -3.88. The highest BCUT2D eigenvalue weighted by Gasteiger charge is 2.19. The standard InChI is InChI=1S/C20H21FN2O3S2/c1-4-9-23-17-10-13(2)14(3)11-18(17)27-20(23)22-19(24)12-28(25,26)16-7-5-15(21)6-8-16/h5-8,10-11H,4,9,12H2,1-3H3. The molecule has 1 amide bonds. The van der Waals surface area contributed by atoms with Gasteiger partial charge in [0.2, 0.25) is 0 Å². The van der Waals surface area contributed by atoms with E-state index in [0.717, 1.165) is 52.0 Å². The van der Waals surface area contributed by atoms with Gasteiger partial charge in [-0.05, 0) is 67.8 Å². The molecule has 0 bridgehead atoms. The van der Waals surface area contributed by atoms with Crippen LogP contribution in [0.1, 0.15) is 24.5 Å². The van der Waals surface area contributed by atoms with Crippen molar-refractivity contribution in [1.82, 2.24) is 4.57 Å². The molecule has 0 spiro atoms. The molecule has 0 aliphatic rings. The number of hydrogen-bond donors (Lipinski definition) is 0. The van der Waals surface area contributed by atoms with Crippen LogP contribution in [0, 0.1) is 19.7 Å². The van der Waals surface area contributed by atoms with Crippen molar-refractivity contribution in [2.75, 3.05) is 5.75 Å². The Labute approximate surface area is 167 Å². The summed E-state index contributed by atoms with van der Waals surface area (Å²) in [5.74, 6) is -2.03. The second-order valence-electron chi connectivity index (χ2n) is 6.66. The molecule has 0 unspecified atom stereocenters. The lowest BCUT2D eigenvalue weighted by Crippen LogP contribution is -2.21. The number of carbonyl (C=O) groups excluding carboxylic acids is 1. The van der Waals surface area contributed by atoms with Crippen molar-refractivity contribution in [1.29, 1.82) is 0 Å². The highest BCUT2D eigenvalue weighted by molar-refractivity contribution is 7.92. The number of amides is 1. The molecule has 1 aromatic heterocycles. The van der Waals surface area contributed by atoms with Crippen LogP contribution in [0.15, 0.2) is 46.3 Å². The van der Waals surface area contributed by atoms with Gasteiger partial charge in [-0.25, -0.2) is 12.8 Å². The van der Waals surface area contributed by atoms with Crippen LogP contribution in [0.25, 0.3) is 10.2 Å². The predicted octanol–water partition coefficient (Wildman–Crippen LogP) is 3.77. The maximum absolute atomic E-state index is 13.0. The Hall–Kier alpha value is -2.32. The number of thiazole rings is 1. The van der Waals surface area contributed by atoms with Crippen LogP contribution in [0.3, 0.4) is 0 Å². The molecule has 148 valence electrons. The fourth-order valence-electron chi connectivity index (χ4n) is 2.87. The van der Waals surface area contributed by atoms with Crippen LogP contribution < -0.4 is 4.80 Å². The number of benzene rings is 2. The molecule has 0 aliphatic heterocycles. The number of aromatic nitrogens is 1. The van der Waals surface area contributed by atoms with Gasteiger partial charge in [-0.2, -0.15) is 4.99 Å². The lowest BCUT2D eigenvalue weighted by atomic mass is 10.1. The summed E-state index contributed by atoms with van der Waals surface area (Å²) in [4.78, 5) is 16.9. The number of halogens is 1. The number of aryl methyl sites for hydroxylation is 3. The minimum absolute atomic E-state index is 0.0959. The molecule has 0 N–H and O–H groups in total. The Morgan fingerprint density at radius 3 is 2.43 bits per heavy atom. The van der Waals surface area contributed by atoms with Gasteiger partial charge in [-0.15, -0.1) is 0 Å². The summed E-state index contributed by atoms with van der Waals surface area (Å²) in [7, 11) is -3.88. The van der Waals surface area contributed by atoms with Gasteiger partial charge in [0.15, 0.2) is 14.6 Å². The summed E-state index contributed by atoms with van der Waals surface area (Å²) in [5, 5.41) is 0. The molecule has 0 radical (unpaired) electrons. The molecular weight excluding hydrogens is 399 g/mol. The molecule has 8 heteroatoms. The Balaban J connectivity index is 2.00. The van der Waals surface area contributed by atoms with E-state index in [1.807, 2.05) is 25.3 Å². The van der Waals surface area contributed by atoms with Crippen molar-refractivity contribution in [2.24, 2.45) is 4.99 Å². The van der Waals surface area contributed by atoms with Crippen molar-refractivity contribution in [3.8, 4) is 0 Å². The first kappa shape index (κ1) is 20.4. The molecule has 0 saturated carbocycles. The van der Waals surface area contributed by atoms with Crippen LogP contribution in [0.4, 0.5) is 4.39 Å². The van der Waals surface area contributed by atoms with Gasteiger partial charge in [0.25, 0.3) is 5.91 Å². The molecule has 0 fully saturated rings. The van der Waals surface area contributed by atoms with Crippen LogP contribution in [0.5, 0.6) is 0 Å². The van der Waals surface area contributed by atoms with Crippen LogP contribution in [0.2, 0.25) is 0 Å². The van der Waals surface area contributed by atoms with Gasteiger partial charge in [-0.1, -0.05) is 18.3 Å². The number of fused-ring (bicyclic) bond motifs is 1. The maximum Gasteiger partial charge on any atom is 0.263 e. The van der Waals surface area contributed by atoms with E-state index in [1.54, 1.807) is 0 Å². The summed E-state index contributed by atoms with van der Waals surface area (Å²) in [6, 6.07) is 8.54. The molecule has 0 aliphatic carbocycles. The summed E-state index contributed by atoms with van der Waals surface area (Å²) in [5.41, 5.74) is 3.28. The van der Waals surface area contributed by atoms with Gasteiger partial charge in [0, 0.05) is 6.54 Å². The number of rotatable bonds is 5. The quantitative estimate of drug-likeness (QED) is 0.590. The maximum atomic E-state index is 13.0. The SMILES string of the molecule is CCCn1c(=NC(=O)CS(=O)(=O)c2ccc(F)cc2)sc2cc(C)c(C)cc21. The third-order valence-corrected chi connectivity index (χ3v) is 7.11. The third-order valence-electron chi connectivity index (χ3n) is 4.45. The first-order chi connectivity index (χ1) is 13.2. The minimum Gasteiger partial charge on any atom is -0.316 e. The van der Waals surface area contributed by atoms with E-state index in [0.29, 0.717) is 11.3 Å². The number of carbonyl (C=O) groups is 1. The van der Waals surface area contributed by atoms with Crippen molar-refractivity contribution < 1.29 is 17.6 Å². The number of hydrogen-bond acceptors (Lipinski definition) is 4. The van der Waals surface area contributed by atoms with E-state index >= 15 is 0 Å². The summed E-state index contributed by atoms with van der Waals surface area (Å²) in [6.07, 6.45) is 0.855. The average Bonchev–Trinajstić information content (AvgIpc) is 2.92. The molecule has 28 heavy (non-hydrogen) atoms. The smallest absolute Gasteiger partial charge is 0.263 e. The second kappa shape index (κ2) is 7.97. The van der Waals surface area contributed by atoms with Gasteiger partial charge >= 0.3 is 0 Å². The van der Waals surface area contributed by atoms with E-state index in [-0.39, 0.29) is 4.90 Å². The normalized spacial score (nSPS) is 12.6. The second-order valence-corrected chi connectivity index (χ2v) is 9.66. The largest absolute Gasteiger partial charge is 0.316 e. The van der Waals surface area contributed by atoms with Crippen molar-refractivity contribution >= 4 is 37.3 Å². The Bertz CT molecular complexity index is 1210. The van der Waals surface area contributed by atoms with Gasteiger partial charge < -0.3 is 4.57 Å². The third kappa shape index (κ3) is 4.23. The molecule has 5 nitrogen and oxygen atoms in total. The zero-order valence-electron chi connectivity index (χ0n) is 15.9. The molecule has 0 atom stereocenters. The monoisotopic (exact) mass is 420 g/mol. The first-order valence-corrected chi connectivity index (χ1v) is 11.3. The van der Waals surface area contributed by atoms with E-state index in [9.17, 15) is 17.6 Å². The van der Waals surface area contributed by atoms with Crippen molar-refractivity contribution in [2.45, 2.75) is 38.6 Å². The Morgan fingerprint density at radius 2 is 1.79 bits per heavy atom. The van der Waals surface area contributed by atoms with Crippen LogP contribution >= 0.6 is 11.3 Å². The average molecular weight is 421 g/mol. The number of sulfone groups is 1. The van der Waals surface area contributed by atoms with E-state index < -0.39 is 27.3 Å². The summed E-state index contributed by atoms with van der Waals surface area (Å²) in [6.45, 7) is 6.76. The fourth-order valence-corrected chi connectivity index (χ4v) is 5.13. The van der Waals surface area contributed by atoms with E-state index in [4.69, 9.17) is 0 Å². The van der Waals surface area contributed by atoms with Gasteiger partial charge in [0.05, 0.1) is 15.1 Å². The molecule has 1 heterocycles. The molecule has 3 aromatic rings. The van der Waals surface area contributed by atoms with Gasteiger partial charge in [-0.3, -0.25) is 4.79 Å². The lowest BCUT2D eigenvalue weighted by Gasteiger charge is -2.05. The Morgan fingerprint density at radius 1 is 1.14 bits per heavy atom. The topological polar surface area (TPSA) is 68.5 Å². The molecule has 2 aromatic carbocycles. The number of nitrogens with zero attached hydrogens (tertiary/aromatic N) is 2.